The van der Waals surface area contributed by atoms with Gasteiger partial charge in [0.15, 0.2) is 0 Å². The van der Waals surface area contributed by atoms with E-state index in [4.69, 9.17) is 4.74 Å². The molecule has 5 heteroatoms. The first-order valence-corrected chi connectivity index (χ1v) is 4.52. The first-order chi connectivity index (χ1) is 7.22. The Hall–Kier alpha value is -1.78. The molecule has 1 aromatic heterocycles. The Balaban J connectivity index is 2.44. The van der Waals surface area contributed by atoms with Gasteiger partial charge in [-0.1, -0.05) is 12.2 Å². The van der Waals surface area contributed by atoms with Crippen LogP contribution in [0.15, 0.2) is 18.5 Å². The molecule has 0 unspecified atom stereocenters. The van der Waals surface area contributed by atoms with Gasteiger partial charge in [0.05, 0.1) is 13.0 Å². The largest absolute Gasteiger partial charge is 0.466 e. The second-order valence-electron chi connectivity index (χ2n) is 2.70. The quantitative estimate of drug-likeness (QED) is 0.559. The second kappa shape index (κ2) is 5.85. The van der Waals surface area contributed by atoms with Crippen LogP contribution in [-0.2, 0) is 9.53 Å². The molecule has 0 N–H and O–H groups in total. The van der Waals surface area contributed by atoms with Gasteiger partial charge in [-0.3, -0.25) is 4.79 Å². The highest BCUT2D eigenvalue weighted by molar-refractivity contribution is 5.72. The van der Waals surface area contributed by atoms with Crippen LogP contribution in [-0.4, -0.2) is 22.5 Å². The predicted octanol–water partition coefficient (Wildman–Crippen LogP) is 1.58. The summed E-state index contributed by atoms with van der Waals surface area (Å²) in [5, 5.41) is 0. The molecule has 15 heavy (non-hydrogen) atoms. The third kappa shape index (κ3) is 4.30. The van der Waals surface area contributed by atoms with Crippen molar-refractivity contribution in [2.24, 2.45) is 0 Å². The summed E-state index contributed by atoms with van der Waals surface area (Å²) in [6.45, 7) is 2.11. The van der Waals surface area contributed by atoms with E-state index < -0.39 is 6.08 Å². The molecule has 1 rings (SSSR count). The van der Waals surface area contributed by atoms with Crippen molar-refractivity contribution in [3.05, 3.63) is 30.1 Å². The summed E-state index contributed by atoms with van der Waals surface area (Å²) in [6, 6.07) is 0. The van der Waals surface area contributed by atoms with Crippen molar-refractivity contribution in [3.8, 4) is 0 Å². The Morgan fingerprint density at radius 1 is 1.53 bits per heavy atom. The molecule has 0 aliphatic heterocycles. The molecule has 0 amide bonds. The van der Waals surface area contributed by atoms with Crippen LogP contribution in [0, 0.1) is 6.08 Å². The first kappa shape index (κ1) is 11.3. The molecule has 0 saturated carbocycles. The predicted molar refractivity (Wildman–Crippen MR) is 52.3 cm³/mol. The number of rotatable bonds is 4. The van der Waals surface area contributed by atoms with Gasteiger partial charge < -0.3 is 4.74 Å². The zero-order valence-electron chi connectivity index (χ0n) is 8.31. The van der Waals surface area contributed by atoms with Gasteiger partial charge >= 0.3 is 12.0 Å². The molecular weight excluding hydrogens is 199 g/mol. The lowest BCUT2D eigenvalue weighted by atomic mass is 10.3. The molecular formula is C10H11FN2O2. The van der Waals surface area contributed by atoms with Crippen molar-refractivity contribution >= 4 is 12.0 Å². The van der Waals surface area contributed by atoms with E-state index in [0.29, 0.717) is 12.2 Å². The maximum Gasteiger partial charge on any atom is 0.309 e. The number of carbonyl (C=O) groups is 1. The number of hydrogen-bond acceptors (Lipinski definition) is 4. The maximum absolute atomic E-state index is 12.3. The lowest BCUT2D eigenvalue weighted by Gasteiger charge is -1.96. The van der Waals surface area contributed by atoms with E-state index in [1.165, 1.54) is 12.4 Å². The molecule has 0 atom stereocenters. The SMILES string of the molecule is CCOC(=O)CC=Cc1cnc(F)nc1. The highest BCUT2D eigenvalue weighted by atomic mass is 19.1. The van der Waals surface area contributed by atoms with Crippen molar-refractivity contribution < 1.29 is 13.9 Å². The third-order valence-corrected chi connectivity index (χ3v) is 1.54. The standard InChI is InChI=1S/C10H11FN2O2/c1-2-15-9(14)5-3-4-8-6-12-10(11)13-7-8/h3-4,6-7H,2,5H2,1H3. The van der Waals surface area contributed by atoms with E-state index in [-0.39, 0.29) is 12.4 Å². The van der Waals surface area contributed by atoms with Crippen LogP contribution in [0.4, 0.5) is 4.39 Å². The zero-order valence-corrected chi connectivity index (χ0v) is 8.31. The summed E-state index contributed by atoms with van der Waals surface area (Å²) >= 11 is 0. The highest BCUT2D eigenvalue weighted by Crippen LogP contribution is 2.00. The molecule has 0 radical (unpaired) electrons. The van der Waals surface area contributed by atoms with Crippen LogP contribution in [0.5, 0.6) is 0 Å². The molecule has 4 nitrogen and oxygen atoms in total. The molecule has 1 heterocycles. The van der Waals surface area contributed by atoms with Crippen molar-refractivity contribution in [1.82, 2.24) is 9.97 Å². The fourth-order valence-corrected chi connectivity index (χ4v) is 0.919. The molecule has 0 bridgehead atoms. The molecule has 0 aromatic carbocycles. The fourth-order valence-electron chi connectivity index (χ4n) is 0.919. The van der Waals surface area contributed by atoms with Crippen LogP contribution < -0.4 is 0 Å². The molecule has 1 aromatic rings. The summed E-state index contributed by atoms with van der Waals surface area (Å²) in [5.74, 6) is -0.295. The summed E-state index contributed by atoms with van der Waals surface area (Å²) in [6.07, 6.45) is 5.35. The number of carbonyl (C=O) groups excluding carboxylic acids is 1. The Kier molecular flexibility index (Phi) is 4.40. The van der Waals surface area contributed by atoms with Gasteiger partial charge in [-0.05, 0) is 6.92 Å². The Labute approximate surface area is 86.8 Å². The van der Waals surface area contributed by atoms with E-state index in [2.05, 4.69) is 9.97 Å². The molecule has 0 fully saturated rings. The smallest absolute Gasteiger partial charge is 0.309 e. The Morgan fingerprint density at radius 2 is 2.20 bits per heavy atom. The number of ether oxygens (including phenoxy) is 1. The summed E-state index contributed by atoms with van der Waals surface area (Å²) in [5.41, 5.74) is 0.640. The summed E-state index contributed by atoms with van der Waals surface area (Å²) in [4.78, 5) is 17.7. The minimum atomic E-state index is -0.766. The number of halogens is 1. The first-order valence-electron chi connectivity index (χ1n) is 4.52. The fraction of sp³-hybridized carbons (Fsp3) is 0.300. The van der Waals surface area contributed by atoms with Gasteiger partial charge in [-0.2, -0.15) is 4.39 Å². The monoisotopic (exact) mass is 210 g/mol. The minimum absolute atomic E-state index is 0.186. The molecule has 0 aliphatic carbocycles. The van der Waals surface area contributed by atoms with Gasteiger partial charge in [-0.25, -0.2) is 9.97 Å². The van der Waals surface area contributed by atoms with Gasteiger partial charge in [0.25, 0.3) is 0 Å². The van der Waals surface area contributed by atoms with Gasteiger partial charge in [-0.15, -0.1) is 0 Å². The van der Waals surface area contributed by atoms with Gasteiger partial charge in [0.2, 0.25) is 0 Å². The minimum Gasteiger partial charge on any atom is -0.466 e. The zero-order chi connectivity index (χ0) is 11.1. The molecule has 0 saturated heterocycles. The van der Waals surface area contributed by atoms with E-state index in [1.807, 2.05) is 0 Å². The average molecular weight is 210 g/mol. The van der Waals surface area contributed by atoms with Crippen molar-refractivity contribution in [2.45, 2.75) is 13.3 Å². The third-order valence-electron chi connectivity index (χ3n) is 1.54. The van der Waals surface area contributed by atoms with E-state index >= 15 is 0 Å². The van der Waals surface area contributed by atoms with Crippen molar-refractivity contribution in [1.29, 1.82) is 0 Å². The van der Waals surface area contributed by atoms with Gasteiger partial charge in [0, 0.05) is 18.0 Å². The van der Waals surface area contributed by atoms with Gasteiger partial charge in [0.1, 0.15) is 0 Å². The number of hydrogen-bond donors (Lipinski definition) is 0. The van der Waals surface area contributed by atoms with Crippen molar-refractivity contribution in [3.63, 3.8) is 0 Å². The lowest BCUT2D eigenvalue weighted by Crippen LogP contribution is -2.01. The molecule has 0 spiro atoms. The van der Waals surface area contributed by atoms with Crippen LogP contribution in [0.3, 0.4) is 0 Å². The Bertz CT molecular complexity index is 349. The number of nitrogens with zero attached hydrogens (tertiary/aromatic N) is 2. The van der Waals surface area contributed by atoms with E-state index in [0.717, 1.165) is 0 Å². The van der Waals surface area contributed by atoms with Crippen LogP contribution in [0.2, 0.25) is 0 Å². The van der Waals surface area contributed by atoms with Crippen LogP contribution >= 0.6 is 0 Å². The van der Waals surface area contributed by atoms with Crippen molar-refractivity contribution in [2.75, 3.05) is 6.61 Å². The van der Waals surface area contributed by atoms with E-state index in [9.17, 15) is 9.18 Å². The van der Waals surface area contributed by atoms with E-state index in [1.54, 1.807) is 19.1 Å². The average Bonchev–Trinajstić information content (AvgIpc) is 2.21. The summed E-state index contributed by atoms with van der Waals surface area (Å²) in [7, 11) is 0. The van der Waals surface area contributed by atoms with Crippen LogP contribution in [0.1, 0.15) is 18.9 Å². The summed E-state index contributed by atoms with van der Waals surface area (Å²) < 4.78 is 17.0. The number of esters is 1. The highest BCUT2D eigenvalue weighted by Gasteiger charge is 1.96. The normalized spacial score (nSPS) is 10.5. The Morgan fingerprint density at radius 3 is 2.80 bits per heavy atom. The number of aromatic nitrogens is 2. The molecule has 80 valence electrons. The maximum atomic E-state index is 12.3. The van der Waals surface area contributed by atoms with Crippen LogP contribution in [0.25, 0.3) is 6.08 Å². The topological polar surface area (TPSA) is 52.1 Å². The molecule has 0 aliphatic rings. The lowest BCUT2D eigenvalue weighted by molar-refractivity contribution is -0.142. The second-order valence-corrected chi connectivity index (χ2v) is 2.70.